The maximum atomic E-state index is 14.0. The lowest BCUT2D eigenvalue weighted by atomic mass is 10.3. The molecule has 108 valence electrons. The van der Waals surface area contributed by atoms with Gasteiger partial charge in [0.05, 0.1) is 11.2 Å². The molecule has 0 radical (unpaired) electrons. The van der Waals surface area contributed by atoms with Crippen LogP contribution in [0.1, 0.15) is 13.8 Å². The van der Waals surface area contributed by atoms with Crippen LogP contribution in [-0.4, -0.2) is 24.2 Å². The summed E-state index contributed by atoms with van der Waals surface area (Å²) in [5, 5.41) is 3.62. The van der Waals surface area contributed by atoms with E-state index in [1.54, 1.807) is 13.8 Å². The predicted molar refractivity (Wildman–Crippen MR) is 74.0 cm³/mol. The van der Waals surface area contributed by atoms with Gasteiger partial charge in [-0.1, -0.05) is 17.7 Å². The first-order valence-electron chi connectivity index (χ1n) is 5.83. The van der Waals surface area contributed by atoms with Crippen LogP contribution in [0.5, 0.6) is 0 Å². The lowest BCUT2D eigenvalue weighted by molar-refractivity contribution is 0.555. The Morgan fingerprint density at radius 2 is 2.05 bits per heavy atom. The van der Waals surface area contributed by atoms with Crippen LogP contribution in [0.15, 0.2) is 35.5 Å². The van der Waals surface area contributed by atoms with Gasteiger partial charge in [0.2, 0.25) is 0 Å². The molecule has 20 heavy (non-hydrogen) atoms. The van der Waals surface area contributed by atoms with Crippen molar-refractivity contribution in [3.8, 4) is 5.69 Å². The summed E-state index contributed by atoms with van der Waals surface area (Å²) < 4.78 is 41.7. The SMILES string of the molecule is CC(C)NS(=O)(=O)c1ccnn1-c1cccc(Cl)c1F. The summed E-state index contributed by atoms with van der Waals surface area (Å²) >= 11 is 5.70. The molecule has 0 aliphatic rings. The van der Waals surface area contributed by atoms with E-state index < -0.39 is 15.8 Å². The Morgan fingerprint density at radius 3 is 2.70 bits per heavy atom. The Kier molecular flexibility index (Phi) is 4.12. The van der Waals surface area contributed by atoms with Gasteiger partial charge < -0.3 is 0 Å². The molecule has 0 atom stereocenters. The summed E-state index contributed by atoms with van der Waals surface area (Å²) in [6, 6.07) is 5.32. The fraction of sp³-hybridized carbons (Fsp3) is 0.250. The zero-order chi connectivity index (χ0) is 14.9. The third kappa shape index (κ3) is 2.84. The van der Waals surface area contributed by atoms with E-state index in [0.29, 0.717) is 0 Å². The van der Waals surface area contributed by atoms with Crippen molar-refractivity contribution in [3.05, 3.63) is 41.3 Å². The van der Waals surface area contributed by atoms with Crippen LogP contribution in [0.2, 0.25) is 5.02 Å². The first-order chi connectivity index (χ1) is 9.33. The summed E-state index contributed by atoms with van der Waals surface area (Å²) in [6.07, 6.45) is 1.29. The van der Waals surface area contributed by atoms with Crippen LogP contribution in [0.3, 0.4) is 0 Å². The summed E-state index contributed by atoms with van der Waals surface area (Å²) in [4.78, 5) is 0. The molecular weight excluding hydrogens is 305 g/mol. The second-order valence-electron chi connectivity index (χ2n) is 4.43. The first-order valence-corrected chi connectivity index (χ1v) is 7.70. The maximum absolute atomic E-state index is 14.0. The summed E-state index contributed by atoms with van der Waals surface area (Å²) in [5.74, 6) is -0.723. The van der Waals surface area contributed by atoms with Gasteiger partial charge in [-0.15, -0.1) is 0 Å². The normalized spacial score (nSPS) is 12.1. The van der Waals surface area contributed by atoms with E-state index >= 15 is 0 Å². The molecule has 0 bridgehead atoms. The minimum absolute atomic E-state index is 0.0216. The Hall–Kier alpha value is -1.44. The van der Waals surface area contributed by atoms with Crippen LogP contribution < -0.4 is 4.72 Å². The number of benzene rings is 1. The van der Waals surface area contributed by atoms with Gasteiger partial charge in [0.1, 0.15) is 5.69 Å². The van der Waals surface area contributed by atoms with Gasteiger partial charge in [-0.25, -0.2) is 22.2 Å². The molecule has 1 aromatic carbocycles. The van der Waals surface area contributed by atoms with Crippen LogP contribution in [0.4, 0.5) is 4.39 Å². The lowest BCUT2D eigenvalue weighted by Gasteiger charge is -2.12. The van der Waals surface area contributed by atoms with Crippen molar-refractivity contribution in [1.29, 1.82) is 0 Å². The maximum Gasteiger partial charge on any atom is 0.258 e. The van der Waals surface area contributed by atoms with E-state index in [2.05, 4.69) is 9.82 Å². The van der Waals surface area contributed by atoms with Crippen molar-refractivity contribution < 1.29 is 12.8 Å². The molecule has 8 heteroatoms. The summed E-state index contributed by atoms with van der Waals surface area (Å²) in [6.45, 7) is 3.39. The van der Waals surface area contributed by atoms with Crippen molar-refractivity contribution in [1.82, 2.24) is 14.5 Å². The number of hydrogen-bond acceptors (Lipinski definition) is 3. The van der Waals surface area contributed by atoms with Crippen LogP contribution in [0.25, 0.3) is 5.69 Å². The van der Waals surface area contributed by atoms with E-state index in [-0.39, 0.29) is 21.8 Å². The average molecular weight is 318 g/mol. The molecule has 1 heterocycles. The van der Waals surface area contributed by atoms with Crippen molar-refractivity contribution in [2.45, 2.75) is 24.9 Å². The minimum Gasteiger partial charge on any atom is -0.218 e. The largest absolute Gasteiger partial charge is 0.258 e. The Labute approximate surface area is 121 Å². The zero-order valence-corrected chi connectivity index (χ0v) is 12.4. The number of nitrogens with zero attached hydrogens (tertiary/aromatic N) is 2. The smallest absolute Gasteiger partial charge is 0.218 e. The molecule has 2 aromatic rings. The number of sulfonamides is 1. The zero-order valence-electron chi connectivity index (χ0n) is 10.8. The lowest BCUT2D eigenvalue weighted by Crippen LogP contribution is -2.31. The number of hydrogen-bond donors (Lipinski definition) is 1. The number of rotatable bonds is 4. The molecule has 0 aliphatic heterocycles. The highest BCUT2D eigenvalue weighted by atomic mass is 35.5. The van der Waals surface area contributed by atoms with Gasteiger partial charge in [-0.05, 0) is 32.0 Å². The molecule has 0 aliphatic carbocycles. The highest BCUT2D eigenvalue weighted by Gasteiger charge is 2.23. The summed E-state index contributed by atoms with van der Waals surface area (Å²) in [7, 11) is -3.78. The number of nitrogens with one attached hydrogen (secondary N) is 1. The van der Waals surface area contributed by atoms with E-state index in [9.17, 15) is 12.8 Å². The van der Waals surface area contributed by atoms with Gasteiger partial charge in [0.25, 0.3) is 10.0 Å². The molecule has 0 fully saturated rings. The number of halogens is 2. The van der Waals surface area contributed by atoms with Crippen LogP contribution in [0, 0.1) is 5.82 Å². The Bertz CT molecular complexity index is 728. The second kappa shape index (κ2) is 5.51. The highest BCUT2D eigenvalue weighted by molar-refractivity contribution is 7.89. The quantitative estimate of drug-likeness (QED) is 0.941. The minimum atomic E-state index is -3.78. The second-order valence-corrected chi connectivity index (χ2v) is 6.50. The summed E-state index contributed by atoms with van der Waals surface area (Å²) in [5.41, 5.74) is -0.0216. The van der Waals surface area contributed by atoms with E-state index in [1.165, 1.54) is 30.5 Å². The third-order valence-corrected chi connectivity index (χ3v) is 4.37. The predicted octanol–water partition coefficient (Wildman–Crippen LogP) is 2.35. The van der Waals surface area contributed by atoms with Gasteiger partial charge in [0, 0.05) is 6.04 Å². The van der Waals surface area contributed by atoms with Crippen LogP contribution in [-0.2, 0) is 10.0 Å². The van der Waals surface area contributed by atoms with E-state index in [1.807, 2.05) is 0 Å². The molecule has 1 N–H and O–H groups in total. The molecule has 5 nitrogen and oxygen atoms in total. The van der Waals surface area contributed by atoms with E-state index in [0.717, 1.165) is 4.68 Å². The molecule has 0 saturated carbocycles. The molecule has 0 spiro atoms. The first kappa shape index (κ1) is 15.0. The van der Waals surface area contributed by atoms with Gasteiger partial charge in [0.15, 0.2) is 10.8 Å². The van der Waals surface area contributed by atoms with Gasteiger partial charge in [-0.3, -0.25) is 0 Å². The average Bonchev–Trinajstić information content (AvgIpc) is 2.80. The third-order valence-electron chi connectivity index (χ3n) is 2.43. The van der Waals surface area contributed by atoms with E-state index in [4.69, 9.17) is 11.6 Å². The fourth-order valence-electron chi connectivity index (χ4n) is 1.70. The molecule has 2 rings (SSSR count). The number of aromatic nitrogens is 2. The van der Waals surface area contributed by atoms with Crippen molar-refractivity contribution in [2.75, 3.05) is 0 Å². The molecule has 1 aromatic heterocycles. The molecule has 0 saturated heterocycles. The monoisotopic (exact) mass is 317 g/mol. The van der Waals surface area contributed by atoms with Gasteiger partial charge >= 0.3 is 0 Å². The Morgan fingerprint density at radius 1 is 1.35 bits per heavy atom. The topological polar surface area (TPSA) is 64.0 Å². The Balaban J connectivity index is 2.57. The van der Waals surface area contributed by atoms with Crippen molar-refractivity contribution in [2.24, 2.45) is 0 Å². The molecule has 0 unspecified atom stereocenters. The van der Waals surface area contributed by atoms with Gasteiger partial charge in [-0.2, -0.15) is 5.10 Å². The van der Waals surface area contributed by atoms with Crippen molar-refractivity contribution >= 4 is 21.6 Å². The molecular formula is C12H13ClFN3O2S. The standard InChI is InChI=1S/C12H13ClFN3O2S/c1-8(2)16-20(18,19)11-6-7-15-17(11)10-5-3-4-9(13)12(10)14/h3-8,16H,1-2H3. The van der Waals surface area contributed by atoms with Crippen molar-refractivity contribution in [3.63, 3.8) is 0 Å². The van der Waals surface area contributed by atoms with Crippen LogP contribution >= 0.6 is 11.6 Å². The highest BCUT2D eigenvalue weighted by Crippen LogP contribution is 2.23. The molecule has 0 amide bonds. The fourth-order valence-corrected chi connectivity index (χ4v) is 3.23.